The van der Waals surface area contributed by atoms with Crippen molar-refractivity contribution in [1.29, 1.82) is 0 Å². The van der Waals surface area contributed by atoms with Crippen LogP contribution in [0.15, 0.2) is 47.0 Å². The first-order valence-electron chi connectivity index (χ1n) is 8.40. The summed E-state index contributed by atoms with van der Waals surface area (Å²) < 4.78 is 32.5. The molecule has 4 rings (SSSR count). The van der Waals surface area contributed by atoms with Crippen LogP contribution in [0, 0.1) is 25.5 Å². The van der Waals surface area contributed by atoms with Crippen LogP contribution in [-0.4, -0.2) is 15.1 Å². The number of nitrogens with zero attached hydrogens (tertiary/aromatic N) is 3. The van der Waals surface area contributed by atoms with Crippen LogP contribution in [0.3, 0.4) is 0 Å². The minimum atomic E-state index is -0.496. The molecule has 0 saturated heterocycles. The van der Waals surface area contributed by atoms with E-state index in [1.165, 1.54) is 0 Å². The van der Waals surface area contributed by atoms with E-state index in [1.54, 1.807) is 6.92 Å². The van der Waals surface area contributed by atoms with Gasteiger partial charge in [-0.3, -0.25) is 0 Å². The molecule has 0 amide bonds. The highest BCUT2D eigenvalue weighted by Gasteiger charge is 2.15. The molecule has 2 heterocycles. The van der Waals surface area contributed by atoms with Crippen LogP contribution in [-0.2, 0) is 6.54 Å². The number of pyridine rings is 1. The second-order valence-electron chi connectivity index (χ2n) is 6.26. The monoisotopic (exact) mass is 366 g/mol. The predicted molar refractivity (Wildman–Crippen MR) is 98.2 cm³/mol. The largest absolute Gasteiger partial charge is 0.365 e. The van der Waals surface area contributed by atoms with Crippen LogP contribution in [0.25, 0.3) is 22.3 Å². The van der Waals surface area contributed by atoms with Gasteiger partial charge in [0.1, 0.15) is 17.5 Å². The van der Waals surface area contributed by atoms with Crippen molar-refractivity contribution in [1.82, 2.24) is 15.1 Å². The van der Waals surface area contributed by atoms with Crippen molar-refractivity contribution in [2.75, 3.05) is 5.32 Å². The van der Waals surface area contributed by atoms with Crippen molar-refractivity contribution >= 4 is 16.7 Å². The van der Waals surface area contributed by atoms with Crippen molar-refractivity contribution in [2.45, 2.75) is 20.4 Å². The van der Waals surface area contributed by atoms with E-state index in [0.717, 1.165) is 34.7 Å². The Morgan fingerprint density at radius 1 is 1.04 bits per heavy atom. The van der Waals surface area contributed by atoms with Gasteiger partial charge in [-0.25, -0.2) is 13.8 Å². The molecule has 5 nitrogen and oxygen atoms in total. The highest BCUT2D eigenvalue weighted by Crippen LogP contribution is 2.30. The minimum Gasteiger partial charge on any atom is -0.365 e. The number of halogens is 2. The van der Waals surface area contributed by atoms with Crippen molar-refractivity contribution in [3.63, 3.8) is 0 Å². The molecule has 0 atom stereocenters. The highest BCUT2D eigenvalue weighted by molar-refractivity contribution is 5.89. The Morgan fingerprint density at radius 3 is 2.67 bits per heavy atom. The van der Waals surface area contributed by atoms with Gasteiger partial charge in [-0.15, -0.1) is 0 Å². The third-order valence-corrected chi connectivity index (χ3v) is 4.27. The third-order valence-electron chi connectivity index (χ3n) is 4.27. The van der Waals surface area contributed by atoms with Crippen molar-refractivity contribution in [2.24, 2.45) is 0 Å². The molecule has 0 aliphatic carbocycles. The molecular formula is C20H16F2N4O. The van der Waals surface area contributed by atoms with Gasteiger partial charge < -0.3 is 9.84 Å². The summed E-state index contributed by atoms with van der Waals surface area (Å²) in [6, 6.07) is 11.1. The SMILES string of the molecule is Cc1nc(-c2cc3cccc(C)c3nc2NCc2cc(F)ccc2F)no1. The van der Waals surface area contributed by atoms with Gasteiger partial charge in [-0.05, 0) is 36.8 Å². The molecule has 0 aliphatic rings. The molecule has 0 aliphatic heterocycles. The normalized spacial score (nSPS) is 11.1. The number of para-hydroxylation sites is 1. The number of aromatic nitrogens is 3. The minimum absolute atomic E-state index is 0.0673. The quantitative estimate of drug-likeness (QED) is 0.562. The molecule has 7 heteroatoms. The van der Waals surface area contributed by atoms with E-state index < -0.39 is 11.6 Å². The Labute approximate surface area is 154 Å². The molecular weight excluding hydrogens is 350 g/mol. The van der Waals surface area contributed by atoms with Crippen LogP contribution >= 0.6 is 0 Å². The average Bonchev–Trinajstić information content (AvgIpc) is 3.08. The van der Waals surface area contributed by atoms with Crippen molar-refractivity contribution in [3.05, 3.63) is 71.1 Å². The average molecular weight is 366 g/mol. The lowest BCUT2D eigenvalue weighted by molar-refractivity contribution is 0.394. The van der Waals surface area contributed by atoms with E-state index in [0.29, 0.717) is 23.1 Å². The Balaban J connectivity index is 1.79. The Morgan fingerprint density at radius 2 is 1.89 bits per heavy atom. The zero-order chi connectivity index (χ0) is 19.0. The van der Waals surface area contributed by atoms with Gasteiger partial charge in [0.15, 0.2) is 0 Å². The van der Waals surface area contributed by atoms with Gasteiger partial charge in [-0.1, -0.05) is 23.4 Å². The van der Waals surface area contributed by atoms with Crippen LogP contribution in [0.5, 0.6) is 0 Å². The highest BCUT2D eigenvalue weighted by atomic mass is 19.1. The number of rotatable bonds is 4. The first-order chi connectivity index (χ1) is 13.0. The summed E-state index contributed by atoms with van der Waals surface area (Å²) in [7, 11) is 0. The van der Waals surface area contributed by atoms with Crippen molar-refractivity contribution in [3.8, 4) is 11.4 Å². The van der Waals surface area contributed by atoms with Gasteiger partial charge in [0, 0.05) is 24.4 Å². The van der Waals surface area contributed by atoms with E-state index in [4.69, 9.17) is 4.52 Å². The molecule has 0 saturated carbocycles. The number of anilines is 1. The third kappa shape index (κ3) is 3.36. The van der Waals surface area contributed by atoms with E-state index in [-0.39, 0.29) is 12.1 Å². The first kappa shape index (κ1) is 17.1. The van der Waals surface area contributed by atoms with E-state index >= 15 is 0 Å². The standard InChI is InChI=1S/C20H16F2N4O/c1-11-4-3-5-13-9-16(20-24-12(2)27-26-20)19(25-18(11)13)23-10-14-8-15(21)6-7-17(14)22/h3-9H,10H2,1-2H3,(H,23,25). The summed E-state index contributed by atoms with van der Waals surface area (Å²) in [5.74, 6) is 0.297. The second kappa shape index (κ2) is 6.75. The summed E-state index contributed by atoms with van der Waals surface area (Å²) in [6.45, 7) is 3.73. The maximum atomic E-state index is 13.9. The molecule has 27 heavy (non-hydrogen) atoms. The van der Waals surface area contributed by atoms with Gasteiger partial charge in [-0.2, -0.15) is 4.98 Å². The first-order valence-corrected chi connectivity index (χ1v) is 8.40. The zero-order valence-corrected chi connectivity index (χ0v) is 14.8. The van der Waals surface area contributed by atoms with Gasteiger partial charge in [0.05, 0.1) is 11.1 Å². The Kier molecular flexibility index (Phi) is 4.27. The lowest BCUT2D eigenvalue weighted by Gasteiger charge is -2.12. The smallest absolute Gasteiger partial charge is 0.223 e. The Bertz CT molecular complexity index is 1140. The predicted octanol–water partition coefficient (Wildman–Crippen LogP) is 4.79. The molecule has 1 N–H and O–H groups in total. The van der Waals surface area contributed by atoms with Gasteiger partial charge in [0.25, 0.3) is 0 Å². The number of fused-ring (bicyclic) bond motifs is 1. The fraction of sp³-hybridized carbons (Fsp3) is 0.150. The fourth-order valence-corrected chi connectivity index (χ4v) is 2.92. The summed E-state index contributed by atoms with van der Waals surface area (Å²) in [5, 5.41) is 7.97. The van der Waals surface area contributed by atoms with E-state index in [9.17, 15) is 8.78 Å². The molecule has 0 radical (unpaired) electrons. The molecule has 0 bridgehead atoms. The maximum absolute atomic E-state index is 13.9. The number of hydrogen-bond acceptors (Lipinski definition) is 5. The van der Waals surface area contributed by atoms with Crippen LogP contribution in [0.2, 0.25) is 0 Å². The van der Waals surface area contributed by atoms with Gasteiger partial charge in [0.2, 0.25) is 11.7 Å². The maximum Gasteiger partial charge on any atom is 0.223 e. The summed E-state index contributed by atoms with van der Waals surface area (Å²) >= 11 is 0. The zero-order valence-electron chi connectivity index (χ0n) is 14.8. The van der Waals surface area contributed by atoms with Gasteiger partial charge >= 0.3 is 0 Å². The molecule has 0 fully saturated rings. The molecule has 0 spiro atoms. The van der Waals surface area contributed by atoms with Crippen LogP contribution in [0.4, 0.5) is 14.6 Å². The Hall–Kier alpha value is -3.35. The molecule has 4 aromatic rings. The molecule has 0 unspecified atom stereocenters. The number of nitrogens with one attached hydrogen (secondary N) is 1. The van der Waals surface area contributed by atoms with Crippen molar-refractivity contribution < 1.29 is 13.3 Å². The van der Waals surface area contributed by atoms with E-state index in [1.807, 2.05) is 31.2 Å². The summed E-state index contributed by atoms with van der Waals surface area (Å²) in [5.41, 5.74) is 2.64. The second-order valence-corrected chi connectivity index (χ2v) is 6.26. The fourth-order valence-electron chi connectivity index (χ4n) is 2.92. The lowest BCUT2D eigenvalue weighted by Crippen LogP contribution is -2.06. The van der Waals surface area contributed by atoms with E-state index in [2.05, 4.69) is 20.4 Å². The topological polar surface area (TPSA) is 63.8 Å². The molecule has 2 aromatic heterocycles. The lowest BCUT2D eigenvalue weighted by atomic mass is 10.1. The summed E-state index contributed by atoms with van der Waals surface area (Å²) in [4.78, 5) is 8.94. The van der Waals surface area contributed by atoms with Crippen LogP contribution in [0.1, 0.15) is 17.0 Å². The molecule has 136 valence electrons. The van der Waals surface area contributed by atoms with Crippen LogP contribution < -0.4 is 5.32 Å². The number of hydrogen-bond donors (Lipinski definition) is 1. The number of benzene rings is 2. The molecule has 2 aromatic carbocycles. The summed E-state index contributed by atoms with van der Waals surface area (Å²) in [6.07, 6.45) is 0. The number of aryl methyl sites for hydroxylation is 2.